The van der Waals surface area contributed by atoms with Crippen LogP contribution in [0.25, 0.3) is 0 Å². The smallest absolute Gasteiger partial charge is 0.253 e. The molecule has 0 spiro atoms. The molecule has 3 rings (SSSR count). The van der Waals surface area contributed by atoms with Crippen molar-refractivity contribution < 1.29 is 9.59 Å². The normalized spacial score (nSPS) is 16.0. The van der Waals surface area contributed by atoms with Crippen molar-refractivity contribution in [2.24, 2.45) is 0 Å². The number of nitrogens with zero attached hydrogens (tertiary/aromatic N) is 2. The lowest BCUT2D eigenvalue weighted by Crippen LogP contribution is -2.54. The number of hydrogen-bond acceptors (Lipinski definition) is 3. The van der Waals surface area contributed by atoms with Crippen molar-refractivity contribution in [1.29, 1.82) is 0 Å². The van der Waals surface area contributed by atoms with E-state index in [1.54, 1.807) is 0 Å². The van der Waals surface area contributed by atoms with E-state index in [0.29, 0.717) is 43.3 Å². The molecule has 6 heteroatoms. The highest BCUT2D eigenvalue weighted by molar-refractivity contribution is 6.31. The van der Waals surface area contributed by atoms with E-state index in [1.807, 2.05) is 66.4 Å². The molecule has 1 unspecified atom stereocenters. The molecule has 1 atom stereocenters. The maximum Gasteiger partial charge on any atom is 0.253 e. The van der Waals surface area contributed by atoms with E-state index in [1.165, 1.54) is 0 Å². The monoisotopic (exact) mass is 385 g/mol. The van der Waals surface area contributed by atoms with E-state index in [-0.39, 0.29) is 17.9 Å². The number of carbonyl (C=O) groups excluding carboxylic acids is 2. The van der Waals surface area contributed by atoms with Crippen molar-refractivity contribution in [2.45, 2.75) is 19.5 Å². The number of halogens is 1. The molecule has 142 valence electrons. The Balaban J connectivity index is 1.49. The van der Waals surface area contributed by atoms with Gasteiger partial charge in [0, 0.05) is 43.3 Å². The van der Waals surface area contributed by atoms with Crippen LogP contribution < -0.4 is 5.32 Å². The average Bonchev–Trinajstić information content (AvgIpc) is 2.72. The van der Waals surface area contributed by atoms with Gasteiger partial charge in [0.05, 0.1) is 6.04 Å². The Morgan fingerprint density at radius 1 is 1.00 bits per heavy atom. The number of hydrogen-bond donors (Lipinski definition) is 1. The number of benzene rings is 2. The number of piperazine rings is 1. The molecule has 0 saturated carbocycles. The van der Waals surface area contributed by atoms with Crippen LogP contribution in [0, 0.1) is 0 Å². The van der Waals surface area contributed by atoms with Gasteiger partial charge < -0.3 is 10.2 Å². The van der Waals surface area contributed by atoms with E-state index in [9.17, 15) is 9.59 Å². The summed E-state index contributed by atoms with van der Waals surface area (Å²) < 4.78 is 0. The van der Waals surface area contributed by atoms with Gasteiger partial charge >= 0.3 is 0 Å². The van der Waals surface area contributed by atoms with Crippen LogP contribution in [0.4, 0.5) is 0 Å². The third-order valence-electron chi connectivity index (χ3n) is 4.96. The number of rotatable bonds is 5. The van der Waals surface area contributed by atoms with Gasteiger partial charge in [0.15, 0.2) is 0 Å². The predicted molar refractivity (Wildman–Crippen MR) is 107 cm³/mol. The molecule has 0 radical (unpaired) electrons. The standard InChI is InChI=1S/C21H24ClN3O2/c1-16(20(26)23-15-18-9-5-6-10-19(18)22)24-11-13-25(14-12-24)21(27)17-7-3-2-4-8-17/h2-10,16H,11-15H2,1H3,(H,23,26). The van der Waals surface area contributed by atoms with Gasteiger partial charge in [-0.3, -0.25) is 14.5 Å². The van der Waals surface area contributed by atoms with Crippen LogP contribution in [-0.4, -0.2) is 53.8 Å². The molecular formula is C21H24ClN3O2. The Hall–Kier alpha value is -2.37. The zero-order valence-corrected chi connectivity index (χ0v) is 16.2. The predicted octanol–water partition coefficient (Wildman–Crippen LogP) is 2.80. The third kappa shape index (κ3) is 4.87. The summed E-state index contributed by atoms with van der Waals surface area (Å²) in [6, 6.07) is 16.5. The van der Waals surface area contributed by atoms with Gasteiger partial charge in [0.1, 0.15) is 0 Å². The van der Waals surface area contributed by atoms with Gasteiger partial charge in [-0.2, -0.15) is 0 Å². The minimum atomic E-state index is -0.249. The Bertz CT molecular complexity index is 789. The van der Waals surface area contributed by atoms with E-state index < -0.39 is 0 Å². The highest BCUT2D eigenvalue weighted by Gasteiger charge is 2.27. The Morgan fingerprint density at radius 3 is 2.30 bits per heavy atom. The summed E-state index contributed by atoms with van der Waals surface area (Å²) in [4.78, 5) is 29.0. The second kappa shape index (κ2) is 9.02. The van der Waals surface area contributed by atoms with Crippen LogP contribution in [0.15, 0.2) is 54.6 Å². The lowest BCUT2D eigenvalue weighted by Gasteiger charge is -2.37. The fourth-order valence-electron chi connectivity index (χ4n) is 3.21. The van der Waals surface area contributed by atoms with Gasteiger partial charge in [-0.1, -0.05) is 48.0 Å². The Morgan fingerprint density at radius 2 is 1.63 bits per heavy atom. The summed E-state index contributed by atoms with van der Waals surface area (Å²) in [5.74, 6) is 0.0174. The first-order valence-electron chi connectivity index (χ1n) is 9.16. The number of nitrogens with one attached hydrogen (secondary N) is 1. The van der Waals surface area contributed by atoms with Crippen LogP contribution in [0.1, 0.15) is 22.8 Å². The molecule has 1 N–H and O–H groups in total. The first kappa shape index (κ1) is 19.4. The topological polar surface area (TPSA) is 52.7 Å². The highest BCUT2D eigenvalue weighted by atomic mass is 35.5. The van der Waals surface area contributed by atoms with Crippen LogP contribution in [0.3, 0.4) is 0 Å². The second-order valence-corrected chi connectivity index (χ2v) is 7.09. The SMILES string of the molecule is CC(C(=O)NCc1ccccc1Cl)N1CCN(C(=O)c2ccccc2)CC1. The zero-order chi connectivity index (χ0) is 19.2. The average molecular weight is 386 g/mol. The molecule has 5 nitrogen and oxygen atoms in total. The van der Waals surface area contributed by atoms with Crippen LogP contribution in [0.2, 0.25) is 5.02 Å². The van der Waals surface area contributed by atoms with Gasteiger partial charge in [0.25, 0.3) is 5.91 Å². The number of carbonyl (C=O) groups is 2. The maximum absolute atomic E-state index is 12.5. The molecule has 0 aromatic heterocycles. The van der Waals surface area contributed by atoms with E-state index >= 15 is 0 Å². The maximum atomic E-state index is 12.5. The van der Waals surface area contributed by atoms with Crippen LogP contribution in [-0.2, 0) is 11.3 Å². The highest BCUT2D eigenvalue weighted by Crippen LogP contribution is 2.15. The molecule has 1 aliphatic rings. The molecule has 2 amide bonds. The van der Waals surface area contributed by atoms with Crippen molar-refractivity contribution in [1.82, 2.24) is 15.1 Å². The summed E-state index contributed by atoms with van der Waals surface area (Å²) in [5, 5.41) is 3.60. The minimum absolute atomic E-state index is 0.0299. The largest absolute Gasteiger partial charge is 0.351 e. The zero-order valence-electron chi connectivity index (χ0n) is 15.4. The fraction of sp³-hybridized carbons (Fsp3) is 0.333. The summed E-state index contributed by atoms with van der Waals surface area (Å²) in [7, 11) is 0. The lowest BCUT2D eigenvalue weighted by atomic mass is 10.1. The van der Waals surface area contributed by atoms with Gasteiger partial charge in [-0.25, -0.2) is 0 Å². The molecule has 1 aliphatic heterocycles. The third-order valence-corrected chi connectivity index (χ3v) is 5.33. The molecule has 27 heavy (non-hydrogen) atoms. The molecule has 0 aliphatic carbocycles. The molecule has 2 aromatic carbocycles. The van der Waals surface area contributed by atoms with Crippen LogP contribution >= 0.6 is 11.6 Å². The Kier molecular flexibility index (Phi) is 6.48. The first-order chi connectivity index (χ1) is 13.1. The first-order valence-corrected chi connectivity index (χ1v) is 9.53. The number of amides is 2. The Labute approximate surface area is 164 Å². The van der Waals surface area contributed by atoms with E-state index in [0.717, 1.165) is 5.56 Å². The van der Waals surface area contributed by atoms with Gasteiger partial charge in [-0.15, -0.1) is 0 Å². The quantitative estimate of drug-likeness (QED) is 0.861. The lowest BCUT2D eigenvalue weighted by molar-refractivity contribution is -0.126. The fourth-order valence-corrected chi connectivity index (χ4v) is 3.42. The van der Waals surface area contributed by atoms with Crippen molar-refractivity contribution in [3.8, 4) is 0 Å². The van der Waals surface area contributed by atoms with Crippen molar-refractivity contribution in [3.63, 3.8) is 0 Å². The second-order valence-electron chi connectivity index (χ2n) is 6.68. The van der Waals surface area contributed by atoms with Crippen molar-refractivity contribution >= 4 is 23.4 Å². The molecule has 1 heterocycles. The molecule has 1 saturated heterocycles. The van der Waals surface area contributed by atoms with Gasteiger partial charge in [0.2, 0.25) is 5.91 Å². The summed E-state index contributed by atoms with van der Waals surface area (Å²) >= 11 is 6.13. The molecular weight excluding hydrogens is 362 g/mol. The summed E-state index contributed by atoms with van der Waals surface area (Å²) in [6.45, 7) is 4.91. The van der Waals surface area contributed by atoms with Crippen LogP contribution in [0.5, 0.6) is 0 Å². The molecule has 0 bridgehead atoms. The summed E-state index contributed by atoms with van der Waals surface area (Å²) in [5.41, 5.74) is 1.61. The minimum Gasteiger partial charge on any atom is -0.351 e. The van der Waals surface area contributed by atoms with E-state index in [4.69, 9.17) is 11.6 Å². The molecule has 1 fully saturated rings. The molecule has 2 aromatic rings. The van der Waals surface area contributed by atoms with E-state index in [2.05, 4.69) is 10.2 Å². The van der Waals surface area contributed by atoms with Gasteiger partial charge in [-0.05, 0) is 30.7 Å². The summed E-state index contributed by atoms with van der Waals surface area (Å²) in [6.07, 6.45) is 0. The van der Waals surface area contributed by atoms with Crippen molar-refractivity contribution in [2.75, 3.05) is 26.2 Å². The van der Waals surface area contributed by atoms with Crippen molar-refractivity contribution in [3.05, 3.63) is 70.7 Å².